The monoisotopic (exact) mass is 337 g/mol. The fraction of sp³-hybridized carbons (Fsp3) is 1.00. The summed E-state index contributed by atoms with van der Waals surface area (Å²) in [6, 6.07) is 0. The largest absolute Gasteiger partial charge is 0.412 e. The molecular formula is C6H30N6O3Rh. The van der Waals surface area contributed by atoms with E-state index >= 15 is 0 Å². The number of hydrogen-bond acceptors (Lipinski definition) is 6. The molecule has 0 bridgehead atoms. The summed E-state index contributed by atoms with van der Waals surface area (Å²) in [6.07, 6.45) is 0. The zero-order valence-corrected chi connectivity index (χ0v) is 11.2. The second kappa shape index (κ2) is 79.2. The Balaban J connectivity index is -0.0000000135. The zero-order valence-electron chi connectivity index (χ0n) is 9.54. The Morgan fingerprint density at radius 1 is 0.375 bits per heavy atom. The standard InChI is InChI=1S/3C2H8N2.3H2O.Rh/c3*3-1-2-4;;;;/h3*1-4H2;3*1H2;. The molecule has 0 atom stereocenters. The molecule has 0 fully saturated rings. The van der Waals surface area contributed by atoms with E-state index in [0.29, 0.717) is 39.3 Å². The van der Waals surface area contributed by atoms with Crippen LogP contribution in [0.4, 0.5) is 0 Å². The molecule has 0 aliphatic carbocycles. The van der Waals surface area contributed by atoms with Crippen LogP contribution in [0.3, 0.4) is 0 Å². The van der Waals surface area contributed by atoms with Gasteiger partial charge in [0.05, 0.1) is 0 Å². The summed E-state index contributed by atoms with van der Waals surface area (Å²) >= 11 is 0. The van der Waals surface area contributed by atoms with E-state index in [2.05, 4.69) is 0 Å². The molecule has 0 unspecified atom stereocenters. The van der Waals surface area contributed by atoms with Gasteiger partial charge in [0.25, 0.3) is 0 Å². The molecule has 0 spiro atoms. The van der Waals surface area contributed by atoms with Crippen molar-refractivity contribution < 1.29 is 35.9 Å². The first-order valence-corrected chi connectivity index (χ1v) is 3.95. The quantitative estimate of drug-likeness (QED) is 0.273. The molecule has 0 rings (SSSR count). The molecule has 9 nitrogen and oxygen atoms in total. The van der Waals surface area contributed by atoms with Gasteiger partial charge in [-0.3, -0.25) is 0 Å². The minimum absolute atomic E-state index is 0. The maximum Gasteiger partial charge on any atom is 0.00461 e. The molecule has 0 aliphatic heterocycles. The fourth-order valence-corrected chi connectivity index (χ4v) is 0. The zero-order chi connectivity index (χ0) is 10.2. The molecule has 111 valence electrons. The summed E-state index contributed by atoms with van der Waals surface area (Å²) in [7, 11) is 0. The molecule has 0 saturated carbocycles. The second-order valence-corrected chi connectivity index (χ2v) is 1.73. The first-order chi connectivity index (χ1) is 5.74. The van der Waals surface area contributed by atoms with Gasteiger partial charge in [-0.05, 0) is 0 Å². The average molecular weight is 337 g/mol. The van der Waals surface area contributed by atoms with Crippen LogP contribution in [-0.2, 0) is 19.5 Å². The molecule has 0 aromatic rings. The van der Waals surface area contributed by atoms with Crippen molar-refractivity contribution in [1.82, 2.24) is 0 Å². The van der Waals surface area contributed by atoms with Crippen LogP contribution in [0, 0.1) is 0 Å². The van der Waals surface area contributed by atoms with E-state index in [0.717, 1.165) is 0 Å². The minimum Gasteiger partial charge on any atom is -0.412 e. The molecule has 0 aliphatic rings. The number of nitrogens with two attached hydrogens (primary N) is 6. The predicted molar refractivity (Wildman–Crippen MR) is 65.2 cm³/mol. The van der Waals surface area contributed by atoms with Gasteiger partial charge in [0.1, 0.15) is 0 Å². The SMILES string of the molecule is NCCN.NCCN.NCCN.O.O.O.[Rh]. The summed E-state index contributed by atoms with van der Waals surface area (Å²) in [5.74, 6) is 0. The maximum atomic E-state index is 4.90. The summed E-state index contributed by atoms with van der Waals surface area (Å²) in [5.41, 5.74) is 29.4. The summed E-state index contributed by atoms with van der Waals surface area (Å²) < 4.78 is 0. The first-order valence-electron chi connectivity index (χ1n) is 3.95. The Kier molecular flexibility index (Phi) is 218. The maximum absolute atomic E-state index is 4.90. The van der Waals surface area contributed by atoms with Gasteiger partial charge in [0, 0.05) is 58.7 Å². The van der Waals surface area contributed by atoms with Crippen molar-refractivity contribution in [3.05, 3.63) is 0 Å². The van der Waals surface area contributed by atoms with E-state index < -0.39 is 0 Å². The molecule has 16 heavy (non-hydrogen) atoms. The third-order valence-electron chi connectivity index (χ3n) is 0.500. The van der Waals surface area contributed by atoms with Crippen LogP contribution in [0.1, 0.15) is 0 Å². The topological polar surface area (TPSA) is 251 Å². The molecular weight excluding hydrogens is 307 g/mol. The van der Waals surface area contributed by atoms with E-state index in [-0.39, 0.29) is 35.9 Å². The number of rotatable bonds is 3. The van der Waals surface area contributed by atoms with Crippen LogP contribution >= 0.6 is 0 Å². The van der Waals surface area contributed by atoms with Gasteiger partial charge < -0.3 is 50.8 Å². The Hall–Kier alpha value is 0.263. The van der Waals surface area contributed by atoms with E-state index in [1.54, 1.807) is 0 Å². The second-order valence-electron chi connectivity index (χ2n) is 1.73. The average Bonchev–Trinajstić information content (AvgIpc) is 2.18. The molecule has 18 N–H and O–H groups in total. The molecule has 10 heteroatoms. The van der Waals surface area contributed by atoms with Crippen LogP contribution in [0.5, 0.6) is 0 Å². The van der Waals surface area contributed by atoms with Gasteiger partial charge in [0.15, 0.2) is 0 Å². The van der Waals surface area contributed by atoms with E-state index in [9.17, 15) is 0 Å². The first kappa shape index (κ1) is 44.2. The van der Waals surface area contributed by atoms with Crippen LogP contribution < -0.4 is 34.4 Å². The van der Waals surface area contributed by atoms with Gasteiger partial charge in [-0.15, -0.1) is 0 Å². The minimum atomic E-state index is 0. The third kappa shape index (κ3) is 236. The van der Waals surface area contributed by atoms with Crippen molar-refractivity contribution in [3.8, 4) is 0 Å². The molecule has 0 amide bonds. The van der Waals surface area contributed by atoms with Gasteiger partial charge in [-0.2, -0.15) is 0 Å². The molecule has 0 aromatic heterocycles. The Morgan fingerprint density at radius 2 is 0.438 bits per heavy atom. The van der Waals surface area contributed by atoms with Crippen molar-refractivity contribution in [2.75, 3.05) is 39.3 Å². The van der Waals surface area contributed by atoms with Crippen molar-refractivity contribution in [2.24, 2.45) is 34.4 Å². The molecule has 1 radical (unpaired) electrons. The van der Waals surface area contributed by atoms with E-state index in [1.807, 2.05) is 0 Å². The van der Waals surface area contributed by atoms with Gasteiger partial charge >= 0.3 is 0 Å². The van der Waals surface area contributed by atoms with Crippen molar-refractivity contribution >= 4 is 0 Å². The molecule has 0 heterocycles. The molecule has 0 saturated heterocycles. The smallest absolute Gasteiger partial charge is 0.00461 e. The van der Waals surface area contributed by atoms with Gasteiger partial charge in [0.2, 0.25) is 0 Å². The van der Waals surface area contributed by atoms with Crippen molar-refractivity contribution in [3.63, 3.8) is 0 Å². The van der Waals surface area contributed by atoms with E-state index in [4.69, 9.17) is 34.4 Å². The van der Waals surface area contributed by atoms with Crippen molar-refractivity contribution in [1.29, 1.82) is 0 Å². The third-order valence-corrected chi connectivity index (χ3v) is 0.500. The van der Waals surface area contributed by atoms with Crippen LogP contribution in [0.2, 0.25) is 0 Å². The Bertz CT molecular complexity index is 43.7. The summed E-state index contributed by atoms with van der Waals surface area (Å²) in [4.78, 5) is 0. The number of hydrogen-bond donors (Lipinski definition) is 6. The molecule has 0 aromatic carbocycles. The van der Waals surface area contributed by atoms with Gasteiger partial charge in [-0.25, -0.2) is 0 Å². The summed E-state index contributed by atoms with van der Waals surface area (Å²) in [6.45, 7) is 3.58. The normalized spacial score (nSPS) is 5.62. The van der Waals surface area contributed by atoms with Crippen LogP contribution in [-0.4, -0.2) is 55.7 Å². The summed E-state index contributed by atoms with van der Waals surface area (Å²) in [5, 5.41) is 0. The van der Waals surface area contributed by atoms with Gasteiger partial charge in [-0.1, -0.05) is 0 Å². The predicted octanol–water partition coefficient (Wildman–Crippen LogP) is -5.77. The Labute approximate surface area is 110 Å². The fourth-order valence-electron chi connectivity index (χ4n) is 0. The Morgan fingerprint density at radius 3 is 0.438 bits per heavy atom. The van der Waals surface area contributed by atoms with E-state index in [1.165, 1.54) is 0 Å². The van der Waals surface area contributed by atoms with Crippen LogP contribution in [0.25, 0.3) is 0 Å². The van der Waals surface area contributed by atoms with Crippen LogP contribution in [0.15, 0.2) is 0 Å². The van der Waals surface area contributed by atoms with Crippen molar-refractivity contribution in [2.45, 2.75) is 0 Å².